The molecule has 0 aliphatic heterocycles. The molecule has 0 saturated carbocycles. The van der Waals surface area contributed by atoms with Crippen molar-refractivity contribution in [2.24, 2.45) is 0 Å². The number of aliphatic hydroxyl groups is 1. The molecule has 98 valence electrons. The van der Waals surface area contributed by atoms with Crippen LogP contribution in [-0.2, 0) is 4.79 Å². The van der Waals surface area contributed by atoms with E-state index in [0.29, 0.717) is 29.9 Å². The number of aliphatic carboxylic acids is 1. The van der Waals surface area contributed by atoms with Crippen molar-refractivity contribution in [3.05, 3.63) is 35.4 Å². The van der Waals surface area contributed by atoms with E-state index in [1.54, 1.807) is 18.2 Å². The van der Waals surface area contributed by atoms with Crippen molar-refractivity contribution in [1.82, 2.24) is 0 Å². The van der Waals surface area contributed by atoms with Gasteiger partial charge in [0.15, 0.2) is 0 Å². The first-order valence-corrected chi connectivity index (χ1v) is 5.94. The van der Waals surface area contributed by atoms with Crippen LogP contribution in [0.15, 0.2) is 24.3 Å². The van der Waals surface area contributed by atoms with Gasteiger partial charge >= 0.3 is 5.97 Å². The number of hydrogen-bond donors (Lipinski definition) is 2. The van der Waals surface area contributed by atoms with E-state index in [-0.39, 0.29) is 0 Å². The van der Waals surface area contributed by atoms with E-state index in [4.69, 9.17) is 9.84 Å². The molecule has 1 aromatic carbocycles. The van der Waals surface area contributed by atoms with Gasteiger partial charge in [-0.15, -0.1) is 0 Å². The summed E-state index contributed by atoms with van der Waals surface area (Å²) < 4.78 is 5.47. The first kappa shape index (κ1) is 14.3. The molecule has 0 aliphatic carbocycles. The van der Waals surface area contributed by atoms with Gasteiger partial charge in [-0.2, -0.15) is 0 Å². The maximum atomic E-state index is 10.6. The van der Waals surface area contributed by atoms with Crippen molar-refractivity contribution < 1.29 is 19.7 Å². The molecule has 0 aliphatic rings. The summed E-state index contributed by atoms with van der Waals surface area (Å²) in [6, 6.07) is 5.31. The highest BCUT2D eigenvalue weighted by molar-refractivity contribution is 5.85. The molecule has 0 spiro atoms. The number of hydrogen-bond acceptors (Lipinski definition) is 3. The molecule has 1 atom stereocenters. The van der Waals surface area contributed by atoms with E-state index in [9.17, 15) is 9.90 Å². The predicted octanol–water partition coefficient (Wildman–Crippen LogP) is 2.63. The Morgan fingerprint density at radius 2 is 2.17 bits per heavy atom. The third kappa shape index (κ3) is 3.60. The monoisotopic (exact) mass is 250 g/mol. The minimum absolute atomic E-state index is 0.496. The maximum absolute atomic E-state index is 10.6. The van der Waals surface area contributed by atoms with Crippen molar-refractivity contribution in [3.63, 3.8) is 0 Å². The molecular weight excluding hydrogens is 232 g/mol. The summed E-state index contributed by atoms with van der Waals surface area (Å²) in [6.45, 7) is 4.22. The Hall–Kier alpha value is -1.81. The van der Waals surface area contributed by atoms with Crippen LogP contribution in [0.5, 0.6) is 5.75 Å². The van der Waals surface area contributed by atoms with Crippen LogP contribution in [0.2, 0.25) is 0 Å². The number of aliphatic hydroxyl groups excluding tert-OH is 1. The van der Waals surface area contributed by atoms with Crippen LogP contribution in [0.25, 0.3) is 6.08 Å². The van der Waals surface area contributed by atoms with Gasteiger partial charge in [-0.3, -0.25) is 0 Å². The Kier molecular flexibility index (Phi) is 5.39. The highest BCUT2D eigenvalue weighted by atomic mass is 16.5. The van der Waals surface area contributed by atoms with Crippen LogP contribution in [0.3, 0.4) is 0 Å². The average Bonchev–Trinajstić information content (AvgIpc) is 2.36. The predicted molar refractivity (Wildman–Crippen MR) is 69.5 cm³/mol. The van der Waals surface area contributed by atoms with E-state index in [1.165, 1.54) is 6.08 Å². The van der Waals surface area contributed by atoms with E-state index in [0.717, 1.165) is 6.08 Å². The summed E-state index contributed by atoms with van der Waals surface area (Å²) in [5.41, 5.74) is 1.30. The molecule has 0 bridgehead atoms. The van der Waals surface area contributed by atoms with E-state index in [1.807, 2.05) is 13.8 Å². The second-order valence-corrected chi connectivity index (χ2v) is 3.79. The van der Waals surface area contributed by atoms with E-state index in [2.05, 4.69) is 0 Å². The lowest BCUT2D eigenvalue weighted by atomic mass is 9.99. The minimum Gasteiger partial charge on any atom is -0.493 e. The lowest BCUT2D eigenvalue weighted by Crippen LogP contribution is -2.04. The molecule has 0 saturated heterocycles. The molecule has 18 heavy (non-hydrogen) atoms. The van der Waals surface area contributed by atoms with Gasteiger partial charge in [-0.25, -0.2) is 4.79 Å². The van der Waals surface area contributed by atoms with Crippen molar-refractivity contribution in [1.29, 1.82) is 0 Å². The fraction of sp³-hybridized carbons (Fsp3) is 0.357. The number of carbonyl (C=O) groups is 1. The zero-order chi connectivity index (χ0) is 13.5. The molecule has 0 radical (unpaired) electrons. The minimum atomic E-state index is -1.02. The topological polar surface area (TPSA) is 66.8 Å². The molecule has 1 rings (SSSR count). The van der Waals surface area contributed by atoms with E-state index >= 15 is 0 Å². The first-order valence-electron chi connectivity index (χ1n) is 5.94. The maximum Gasteiger partial charge on any atom is 0.328 e. The van der Waals surface area contributed by atoms with Crippen LogP contribution in [-0.4, -0.2) is 22.8 Å². The summed E-state index contributed by atoms with van der Waals surface area (Å²) in [6.07, 6.45) is 2.40. The molecule has 4 heteroatoms. The molecule has 0 aromatic heterocycles. The Bertz CT molecular complexity index is 437. The van der Waals surface area contributed by atoms with Gasteiger partial charge in [-0.05, 0) is 31.1 Å². The van der Waals surface area contributed by atoms with E-state index < -0.39 is 12.1 Å². The quantitative estimate of drug-likeness (QED) is 0.762. The summed E-state index contributed by atoms with van der Waals surface area (Å²) in [7, 11) is 0. The number of carboxylic acid groups (broad SMARTS) is 1. The summed E-state index contributed by atoms with van der Waals surface area (Å²) in [4.78, 5) is 10.6. The van der Waals surface area contributed by atoms with Gasteiger partial charge in [0.2, 0.25) is 0 Å². The van der Waals surface area contributed by atoms with Crippen LogP contribution < -0.4 is 4.74 Å². The highest BCUT2D eigenvalue weighted by Crippen LogP contribution is 2.31. The smallest absolute Gasteiger partial charge is 0.328 e. The van der Waals surface area contributed by atoms with Crippen LogP contribution in [0.4, 0.5) is 0 Å². The number of ether oxygens (including phenoxy) is 1. The van der Waals surface area contributed by atoms with Crippen LogP contribution >= 0.6 is 0 Å². The second-order valence-electron chi connectivity index (χ2n) is 3.79. The third-order valence-electron chi connectivity index (χ3n) is 2.53. The van der Waals surface area contributed by atoms with Gasteiger partial charge in [0.25, 0.3) is 0 Å². The Morgan fingerprint density at radius 3 is 2.72 bits per heavy atom. The zero-order valence-corrected chi connectivity index (χ0v) is 10.6. The number of benzene rings is 1. The molecule has 4 nitrogen and oxygen atoms in total. The normalized spacial score (nSPS) is 12.6. The van der Waals surface area contributed by atoms with Crippen molar-refractivity contribution in [2.75, 3.05) is 6.61 Å². The van der Waals surface area contributed by atoms with Crippen molar-refractivity contribution >= 4 is 12.0 Å². The molecule has 0 amide bonds. The lowest BCUT2D eigenvalue weighted by molar-refractivity contribution is -0.131. The Labute approximate surface area is 107 Å². The molecule has 0 fully saturated rings. The fourth-order valence-corrected chi connectivity index (χ4v) is 1.71. The first-order chi connectivity index (χ1) is 8.60. The highest BCUT2D eigenvalue weighted by Gasteiger charge is 2.15. The molecule has 1 unspecified atom stereocenters. The number of carboxylic acids is 1. The third-order valence-corrected chi connectivity index (χ3v) is 2.53. The van der Waals surface area contributed by atoms with Crippen molar-refractivity contribution in [2.45, 2.75) is 26.4 Å². The Balaban J connectivity index is 3.23. The van der Waals surface area contributed by atoms with Gasteiger partial charge in [-0.1, -0.05) is 19.1 Å². The summed E-state index contributed by atoms with van der Waals surface area (Å²) >= 11 is 0. The Morgan fingerprint density at radius 1 is 1.44 bits per heavy atom. The van der Waals surface area contributed by atoms with Crippen molar-refractivity contribution in [3.8, 4) is 5.75 Å². The van der Waals surface area contributed by atoms with Gasteiger partial charge in [0, 0.05) is 11.6 Å². The molecular formula is C14H18O4. The van der Waals surface area contributed by atoms with Crippen LogP contribution in [0.1, 0.15) is 37.5 Å². The number of rotatable bonds is 6. The van der Waals surface area contributed by atoms with Gasteiger partial charge < -0.3 is 14.9 Å². The van der Waals surface area contributed by atoms with Crippen LogP contribution in [0, 0.1) is 0 Å². The fourth-order valence-electron chi connectivity index (χ4n) is 1.71. The summed E-state index contributed by atoms with van der Waals surface area (Å²) in [5.74, 6) is -0.423. The molecule has 1 aromatic rings. The lowest BCUT2D eigenvalue weighted by Gasteiger charge is -2.17. The zero-order valence-electron chi connectivity index (χ0n) is 10.6. The molecule has 0 heterocycles. The molecule has 2 N–H and O–H groups in total. The standard InChI is InChI=1S/C14H18O4/c1-3-11(15)14-10(8-9-13(16)17)6-5-7-12(14)18-4-2/h5-9,11,15H,3-4H2,1-2H3,(H,16,17)/b9-8+. The second kappa shape index (κ2) is 6.81. The largest absolute Gasteiger partial charge is 0.493 e. The van der Waals surface area contributed by atoms with Gasteiger partial charge in [0.1, 0.15) is 5.75 Å². The average molecular weight is 250 g/mol. The SMILES string of the molecule is CCOc1cccc(/C=C/C(=O)O)c1C(O)CC. The summed E-state index contributed by atoms with van der Waals surface area (Å²) in [5, 5.41) is 18.7. The van der Waals surface area contributed by atoms with Gasteiger partial charge in [0.05, 0.1) is 12.7 Å².